The molecule has 12 heavy (non-hydrogen) atoms. The van der Waals surface area contributed by atoms with Gasteiger partial charge in [0.2, 0.25) is 0 Å². The molecule has 0 spiro atoms. The van der Waals surface area contributed by atoms with Gasteiger partial charge in [0.05, 0.1) is 0 Å². The van der Waals surface area contributed by atoms with Crippen LogP contribution in [-0.4, -0.2) is 19.0 Å². The fourth-order valence-electron chi connectivity index (χ4n) is 1.01. The molecule has 0 saturated carbocycles. The maximum absolute atomic E-state index is 5.86. The monoisotopic (exact) mass is 247 g/mol. The van der Waals surface area contributed by atoms with Gasteiger partial charge in [0.25, 0.3) is 0 Å². The van der Waals surface area contributed by atoms with Gasteiger partial charge in [-0.1, -0.05) is 27.5 Å². The number of halogens is 2. The van der Waals surface area contributed by atoms with Crippen molar-refractivity contribution in [1.29, 1.82) is 0 Å². The summed E-state index contributed by atoms with van der Waals surface area (Å²) in [6.07, 6.45) is 0. The highest BCUT2D eigenvalue weighted by Gasteiger charge is 2.01. The zero-order valence-electron chi connectivity index (χ0n) is 7.14. The Balaban J connectivity index is 2.90. The molecule has 0 amide bonds. The smallest absolute Gasteiger partial charge is 0.0410 e. The van der Waals surface area contributed by atoms with Crippen molar-refractivity contribution in [2.75, 3.05) is 14.1 Å². The lowest BCUT2D eigenvalue weighted by Crippen LogP contribution is -2.10. The highest BCUT2D eigenvalue weighted by molar-refractivity contribution is 9.10. The van der Waals surface area contributed by atoms with E-state index in [0.717, 1.165) is 16.0 Å². The lowest BCUT2D eigenvalue weighted by molar-refractivity contribution is 0.401. The fourth-order valence-corrected chi connectivity index (χ4v) is 1.57. The Labute approximate surface area is 86.5 Å². The topological polar surface area (TPSA) is 3.24 Å². The standard InChI is InChI=1S/C9H11BrClN/c1-12(2)6-7-5-8(11)3-4-9(7)10/h3-5H,6H2,1-2H3. The summed E-state index contributed by atoms with van der Waals surface area (Å²) in [5.41, 5.74) is 1.22. The first-order valence-corrected chi connectivity index (χ1v) is 4.85. The van der Waals surface area contributed by atoms with Gasteiger partial charge in [0, 0.05) is 16.0 Å². The van der Waals surface area contributed by atoms with Crippen LogP contribution >= 0.6 is 27.5 Å². The van der Waals surface area contributed by atoms with Gasteiger partial charge in [0.1, 0.15) is 0 Å². The number of hydrogen-bond donors (Lipinski definition) is 0. The van der Waals surface area contributed by atoms with Crippen LogP contribution in [0.15, 0.2) is 22.7 Å². The third kappa shape index (κ3) is 2.77. The predicted octanol–water partition coefficient (Wildman–Crippen LogP) is 3.16. The zero-order valence-corrected chi connectivity index (χ0v) is 9.48. The van der Waals surface area contributed by atoms with Gasteiger partial charge in [-0.05, 0) is 37.9 Å². The summed E-state index contributed by atoms with van der Waals surface area (Å²) in [5, 5.41) is 0.787. The van der Waals surface area contributed by atoms with Crippen molar-refractivity contribution < 1.29 is 0 Å². The number of hydrogen-bond acceptors (Lipinski definition) is 1. The molecule has 1 rings (SSSR count). The highest BCUT2D eigenvalue weighted by Crippen LogP contribution is 2.21. The van der Waals surface area contributed by atoms with E-state index in [-0.39, 0.29) is 0 Å². The van der Waals surface area contributed by atoms with Crippen LogP contribution in [0.4, 0.5) is 0 Å². The number of benzene rings is 1. The lowest BCUT2D eigenvalue weighted by atomic mass is 10.2. The minimum Gasteiger partial charge on any atom is -0.305 e. The van der Waals surface area contributed by atoms with E-state index in [4.69, 9.17) is 11.6 Å². The molecule has 0 aliphatic heterocycles. The Kier molecular flexibility index (Phi) is 3.56. The molecule has 3 heteroatoms. The molecule has 0 saturated heterocycles. The normalized spacial score (nSPS) is 10.8. The summed E-state index contributed by atoms with van der Waals surface area (Å²) in [6, 6.07) is 5.83. The third-order valence-corrected chi connectivity index (χ3v) is 2.50. The molecule has 0 atom stereocenters. The second-order valence-corrected chi connectivity index (χ2v) is 4.26. The van der Waals surface area contributed by atoms with Gasteiger partial charge in [-0.2, -0.15) is 0 Å². The van der Waals surface area contributed by atoms with Gasteiger partial charge >= 0.3 is 0 Å². The highest BCUT2D eigenvalue weighted by atomic mass is 79.9. The average molecular weight is 249 g/mol. The van der Waals surface area contributed by atoms with E-state index >= 15 is 0 Å². The van der Waals surface area contributed by atoms with E-state index < -0.39 is 0 Å². The Morgan fingerprint density at radius 2 is 2.08 bits per heavy atom. The molecule has 0 heterocycles. The van der Waals surface area contributed by atoms with Gasteiger partial charge in [-0.3, -0.25) is 0 Å². The number of nitrogens with zero attached hydrogens (tertiary/aromatic N) is 1. The Bertz CT molecular complexity index is 273. The molecule has 0 bridgehead atoms. The summed E-state index contributed by atoms with van der Waals surface area (Å²) in [5.74, 6) is 0. The SMILES string of the molecule is CN(C)Cc1cc(Cl)ccc1Br. The Hall–Kier alpha value is -0.0500. The fraction of sp³-hybridized carbons (Fsp3) is 0.333. The summed E-state index contributed by atoms with van der Waals surface area (Å²) in [6.45, 7) is 0.904. The van der Waals surface area contributed by atoms with Crippen LogP contribution in [0.2, 0.25) is 5.02 Å². The molecule has 0 radical (unpaired) electrons. The van der Waals surface area contributed by atoms with E-state index in [1.807, 2.05) is 32.3 Å². The van der Waals surface area contributed by atoms with E-state index in [1.165, 1.54) is 5.56 Å². The van der Waals surface area contributed by atoms with Crippen LogP contribution < -0.4 is 0 Å². The molecule has 0 N–H and O–H groups in total. The van der Waals surface area contributed by atoms with E-state index in [1.54, 1.807) is 0 Å². The van der Waals surface area contributed by atoms with Gasteiger partial charge < -0.3 is 4.90 Å². The first-order valence-electron chi connectivity index (χ1n) is 3.68. The molecule has 1 aromatic rings. The van der Waals surface area contributed by atoms with Crippen LogP contribution in [0.1, 0.15) is 5.56 Å². The number of rotatable bonds is 2. The largest absolute Gasteiger partial charge is 0.305 e. The van der Waals surface area contributed by atoms with E-state index in [2.05, 4.69) is 20.8 Å². The first kappa shape index (κ1) is 10.0. The van der Waals surface area contributed by atoms with Crippen LogP contribution in [0.3, 0.4) is 0 Å². The Morgan fingerprint density at radius 1 is 1.42 bits per heavy atom. The van der Waals surface area contributed by atoms with Crippen molar-refractivity contribution in [3.05, 3.63) is 33.3 Å². The van der Waals surface area contributed by atoms with Gasteiger partial charge in [-0.15, -0.1) is 0 Å². The van der Waals surface area contributed by atoms with Crippen molar-refractivity contribution in [3.63, 3.8) is 0 Å². The first-order chi connectivity index (χ1) is 5.59. The average Bonchev–Trinajstić information content (AvgIpc) is 1.96. The molecule has 0 aromatic heterocycles. The lowest BCUT2D eigenvalue weighted by Gasteiger charge is -2.11. The molecule has 0 unspecified atom stereocenters. The zero-order chi connectivity index (χ0) is 9.14. The molecule has 1 nitrogen and oxygen atoms in total. The molecular weight excluding hydrogens is 237 g/mol. The van der Waals surface area contributed by atoms with Crippen molar-refractivity contribution >= 4 is 27.5 Å². The summed E-state index contributed by atoms with van der Waals surface area (Å²) in [4.78, 5) is 2.11. The van der Waals surface area contributed by atoms with Crippen LogP contribution in [0.25, 0.3) is 0 Å². The maximum atomic E-state index is 5.86. The minimum absolute atomic E-state index is 0.787. The predicted molar refractivity (Wildman–Crippen MR) is 56.5 cm³/mol. The van der Waals surface area contributed by atoms with Crippen LogP contribution in [0, 0.1) is 0 Å². The van der Waals surface area contributed by atoms with Gasteiger partial charge in [-0.25, -0.2) is 0 Å². The molecule has 66 valence electrons. The summed E-state index contributed by atoms with van der Waals surface area (Å²) >= 11 is 9.33. The van der Waals surface area contributed by atoms with Crippen molar-refractivity contribution in [3.8, 4) is 0 Å². The second-order valence-electron chi connectivity index (χ2n) is 2.97. The summed E-state index contributed by atoms with van der Waals surface area (Å²) < 4.78 is 1.11. The van der Waals surface area contributed by atoms with E-state index in [0.29, 0.717) is 0 Å². The molecule has 0 aliphatic rings. The molecule has 0 fully saturated rings. The minimum atomic E-state index is 0.787. The van der Waals surface area contributed by atoms with Crippen LogP contribution in [-0.2, 0) is 6.54 Å². The maximum Gasteiger partial charge on any atom is 0.0410 e. The van der Waals surface area contributed by atoms with Crippen molar-refractivity contribution in [2.24, 2.45) is 0 Å². The van der Waals surface area contributed by atoms with Crippen LogP contribution in [0.5, 0.6) is 0 Å². The van der Waals surface area contributed by atoms with E-state index in [9.17, 15) is 0 Å². The van der Waals surface area contributed by atoms with Gasteiger partial charge in [0.15, 0.2) is 0 Å². The van der Waals surface area contributed by atoms with Crippen molar-refractivity contribution in [2.45, 2.75) is 6.54 Å². The quantitative estimate of drug-likeness (QED) is 0.777. The van der Waals surface area contributed by atoms with Crippen molar-refractivity contribution in [1.82, 2.24) is 4.90 Å². The molecular formula is C9H11BrClN. The molecule has 0 aliphatic carbocycles. The third-order valence-electron chi connectivity index (χ3n) is 1.49. The molecule has 1 aromatic carbocycles. The summed E-state index contributed by atoms with van der Waals surface area (Å²) in [7, 11) is 4.07. The second kappa shape index (κ2) is 4.26. The Morgan fingerprint density at radius 3 is 2.67 bits per heavy atom.